The number of benzene rings is 20. The number of hydrogen-bond acceptors (Lipinski definition) is 12. The molecule has 0 saturated carbocycles. The smallest absolute Gasteiger partial charge is 0.147 e. The minimum Gasteiger partial charge on any atom is -0.456 e. The maximum Gasteiger partial charge on any atom is 0.147 e. The molecule has 16 aromatic heterocycles. The van der Waals surface area contributed by atoms with Crippen LogP contribution in [0.5, 0.6) is 0 Å². The Hall–Kier alpha value is -17.6. The predicted molar refractivity (Wildman–Crippen MR) is 592 cm³/mol. The van der Waals surface area contributed by atoms with Crippen LogP contribution in [0.25, 0.3) is 322 Å². The van der Waals surface area contributed by atoms with Gasteiger partial charge in [-0.2, -0.15) is 0 Å². The first-order valence-electron chi connectivity index (χ1n) is 46.9. The molecule has 0 spiro atoms. The van der Waals surface area contributed by atoms with E-state index in [1.54, 1.807) is 0 Å². The zero-order valence-corrected chi connectivity index (χ0v) is 77.1. The Kier molecular flexibility index (Phi) is 15.2. The van der Waals surface area contributed by atoms with Gasteiger partial charge in [-0.15, -0.1) is 45.3 Å². The zero-order valence-electron chi connectivity index (χ0n) is 73.8. The number of fused-ring (bicyclic) bond motifs is 63. The largest absolute Gasteiger partial charge is 0.456 e. The molecule has 0 aliphatic rings. The Bertz CT molecular complexity index is 12000. The van der Waals surface area contributed by atoms with Crippen LogP contribution in [0, 0.1) is 0 Å². The second kappa shape index (κ2) is 28.0. The second-order valence-corrected chi connectivity index (χ2v) is 40.9. The Balaban J connectivity index is 0.0000000829. The highest BCUT2D eigenvalue weighted by Crippen LogP contribution is 2.53. The molecule has 16 heterocycles. The Labute approximate surface area is 804 Å². The lowest BCUT2D eigenvalue weighted by Gasteiger charge is -2.11. The molecule has 0 radical (unpaired) electrons. The zero-order chi connectivity index (χ0) is 90.7. The number of hydrogen-bond donors (Lipinski definition) is 0. The summed E-state index contributed by atoms with van der Waals surface area (Å²) in [6, 6.07) is 138. The molecular weight excluding hydrogens is 1790 g/mol. The third-order valence-corrected chi connectivity index (χ3v) is 34.1. The first-order valence-corrected chi connectivity index (χ1v) is 50.2. The summed E-state index contributed by atoms with van der Waals surface area (Å²) in [7, 11) is 0. The molecule has 0 atom stereocenters. The van der Waals surface area contributed by atoms with E-state index in [1.807, 2.05) is 87.8 Å². The SMILES string of the molecule is c1ccc2c(c1)nc1c3c(ccc4oc5ccccc5c43)c3c4c(ccc3n21)sc1ccccc14.c1ccc2c(c1)nc1c3c(ccc4oc5ccccc5c43)c3c4sc5ccccc5c4ccc3n21.c1ccc2c(c1)nc1c3cc4c(cc3c3c5c(ccc3n21)sc1ccccc15)oc1ccccc14.c1ccc2c(c1)nc1c3ccc4oc5ccccc5c4c3c3c4sc5ccccc5c4ccc3n21. The molecule has 0 bridgehead atoms. The maximum atomic E-state index is 6.34. The van der Waals surface area contributed by atoms with E-state index >= 15 is 0 Å². The molecular formula is C124H64N8O4S4. The molecule has 20 aromatic carbocycles. The van der Waals surface area contributed by atoms with Crippen molar-refractivity contribution < 1.29 is 17.7 Å². The van der Waals surface area contributed by atoms with Crippen molar-refractivity contribution in [1.82, 2.24) is 37.5 Å². The fraction of sp³-hybridized carbons (Fsp3) is 0. The molecule has 36 aromatic rings. The summed E-state index contributed by atoms with van der Waals surface area (Å²) in [6.07, 6.45) is 0. The van der Waals surface area contributed by atoms with E-state index in [2.05, 4.69) is 363 Å². The summed E-state index contributed by atoms with van der Waals surface area (Å²) in [5, 5.41) is 34.1. The number of aromatic nitrogens is 8. The molecule has 0 unspecified atom stereocenters. The average Bonchev–Trinajstić information content (AvgIpc) is 1.51. The molecule has 0 fully saturated rings. The third-order valence-electron chi connectivity index (χ3n) is 29.4. The van der Waals surface area contributed by atoms with E-state index < -0.39 is 0 Å². The van der Waals surface area contributed by atoms with Gasteiger partial charge in [-0.25, -0.2) is 19.9 Å². The quantitative estimate of drug-likeness (QED) is 0.138. The fourth-order valence-electron chi connectivity index (χ4n) is 23.7. The minimum absolute atomic E-state index is 0.898. The van der Waals surface area contributed by atoms with Gasteiger partial charge in [0.05, 0.1) is 66.2 Å². The van der Waals surface area contributed by atoms with E-state index in [0.29, 0.717) is 0 Å². The Morgan fingerprint density at radius 3 is 0.950 bits per heavy atom. The van der Waals surface area contributed by atoms with Crippen molar-refractivity contribution in [2.24, 2.45) is 0 Å². The number of nitrogens with zero attached hydrogens (tertiary/aromatic N) is 8. The minimum atomic E-state index is 0.898. The van der Waals surface area contributed by atoms with Gasteiger partial charge in [0.1, 0.15) is 67.3 Å². The van der Waals surface area contributed by atoms with Crippen molar-refractivity contribution >= 4 is 367 Å². The molecule has 648 valence electrons. The van der Waals surface area contributed by atoms with Gasteiger partial charge < -0.3 is 17.7 Å². The van der Waals surface area contributed by atoms with Crippen LogP contribution in [-0.2, 0) is 0 Å². The predicted octanol–water partition coefficient (Wildman–Crippen LogP) is 36.2. The number of imidazole rings is 4. The van der Waals surface area contributed by atoms with Gasteiger partial charge in [0.25, 0.3) is 0 Å². The molecule has 36 rings (SSSR count). The maximum absolute atomic E-state index is 6.34. The monoisotopic (exact) mass is 1860 g/mol. The molecule has 140 heavy (non-hydrogen) atoms. The van der Waals surface area contributed by atoms with E-state index in [4.69, 9.17) is 37.6 Å². The molecule has 0 N–H and O–H groups in total. The summed E-state index contributed by atoms with van der Waals surface area (Å²) < 4.78 is 45.1. The topological polar surface area (TPSA) is 122 Å². The lowest BCUT2D eigenvalue weighted by Crippen LogP contribution is -1.92. The van der Waals surface area contributed by atoms with Crippen molar-refractivity contribution in [3.63, 3.8) is 0 Å². The van der Waals surface area contributed by atoms with Gasteiger partial charge in [0, 0.05) is 172 Å². The van der Waals surface area contributed by atoms with E-state index in [-0.39, 0.29) is 0 Å². The van der Waals surface area contributed by atoms with Crippen molar-refractivity contribution in [3.05, 3.63) is 388 Å². The normalized spacial score (nSPS) is 12.6. The molecule has 0 aliphatic heterocycles. The second-order valence-electron chi connectivity index (χ2n) is 36.6. The van der Waals surface area contributed by atoms with Gasteiger partial charge in [-0.1, -0.05) is 206 Å². The van der Waals surface area contributed by atoms with Crippen LogP contribution < -0.4 is 0 Å². The van der Waals surface area contributed by atoms with Crippen LogP contribution in [0.15, 0.2) is 406 Å². The number of para-hydroxylation sites is 12. The summed E-state index contributed by atoms with van der Waals surface area (Å²) in [6.45, 7) is 0. The average molecular weight is 1860 g/mol. The standard InChI is InChI=1S/4C31H16N2OS/c1-5-11-24-19(8-1)28-25(34-24)16-14-20-27-23(15-13-18-17-7-2-6-12-26(17)35-30(18)27)33-22-10-4-3-9-21(22)32-31(33)29(20)28;1-5-11-24-19(8-1)27-25(34-24)16-14-20-28(27)29-23(33-22-10-4-3-9-21(22)32-31(20)33)15-13-18-17-7-2-6-12-26(17)35-30(18)29;1-5-11-23-17(7-1)28-24(34-23)15-13-19-27-22(14-16-26-29(27)18-8-2-6-12-25(18)35-26)33-21-10-4-3-9-20(21)32-31(33)30(19)28;1-5-11-25-17(7-1)19-15-21-20(16-26(19)34-25)29-24(33-23-10-4-3-9-22(23)32-31(21)33)13-14-28-30(29)18-8-2-6-12-27(18)35-28/h4*1-16H. The van der Waals surface area contributed by atoms with Crippen LogP contribution in [0.3, 0.4) is 0 Å². The number of pyridine rings is 4. The van der Waals surface area contributed by atoms with Crippen molar-refractivity contribution in [3.8, 4) is 0 Å². The highest BCUT2D eigenvalue weighted by molar-refractivity contribution is 7.28. The number of rotatable bonds is 0. The van der Waals surface area contributed by atoms with E-state index in [9.17, 15) is 0 Å². The van der Waals surface area contributed by atoms with E-state index in [1.165, 1.54) is 151 Å². The molecule has 0 aliphatic carbocycles. The Morgan fingerprint density at radius 2 is 0.471 bits per heavy atom. The lowest BCUT2D eigenvalue weighted by atomic mass is 9.98. The Morgan fingerprint density at radius 1 is 0.150 bits per heavy atom. The van der Waals surface area contributed by atoms with Gasteiger partial charge in [-0.3, -0.25) is 17.6 Å². The fourth-order valence-corrected chi connectivity index (χ4v) is 28.4. The van der Waals surface area contributed by atoms with Crippen LogP contribution in [0.4, 0.5) is 0 Å². The first-order chi connectivity index (χ1) is 69.4. The highest BCUT2D eigenvalue weighted by atomic mass is 32.1. The van der Waals surface area contributed by atoms with Gasteiger partial charge >= 0.3 is 0 Å². The summed E-state index contributed by atoms with van der Waals surface area (Å²) in [5.74, 6) is 0. The number of thiophene rings is 4. The molecule has 0 saturated heterocycles. The summed E-state index contributed by atoms with van der Waals surface area (Å²) in [5.41, 5.74) is 24.5. The van der Waals surface area contributed by atoms with Crippen LogP contribution in [0.1, 0.15) is 0 Å². The van der Waals surface area contributed by atoms with Crippen LogP contribution in [0.2, 0.25) is 0 Å². The molecule has 16 heteroatoms. The van der Waals surface area contributed by atoms with Gasteiger partial charge in [0.15, 0.2) is 0 Å². The van der Waals surface area contributed by atoms with Crippen LogP contribution >= 0.6 is 45.3 Å². The van der Waals surface area contributed by atoms with Gasteiger partial charge in [0.2, 0.25) is 0 Å². The third kappa shape index (κ3) is 10.2. The van der Waals surface area contributed by atoms with Crippen molar-refractivity contribution in [1.29, 1.82) is 0 Å². The van der Waals surface area contributed by atoms with Crippen molar-refractivity contribution in [2.75, 3.05) is 0 Å². The lowest BCUT2D eigenvalue weighted by molar-refractivity contribution is 0.669. The van der Waals surface area contributed by atoms with E-state index in [0.717, 1.165) is 171 Å². The first kappa shape index (κ1) is 75.6. The summed E-state index contributed by atoms with van der Waals surface area (Å²) >= 11 is 7.47. The van der Waals surface area contributed by atoms with Crippen molar-refractivity contribution in [2.45, 2.75) is 0 Å². The molecule has 12 nitrogen and oxygen atoms in total. The highest BCUT2D eigenvalue weighted by Gasteiger charge is 2.29. The number of furan rings is 4. The van der Waals surface area contributed by atoms with Gasteiger partial charge in [-0.05, 0) is 198 Å². The molecule has 0 amide bonds. The van der Waals surface area contributed by atoms with Crippen LogP contribution in [-0.4, -0.2) is 37.5 Å². The summed E-state index contributed by atoms with van der Waals surface area (Å²) in [4.78, 5) is 20.6.